The SMILES string of the molecule is CCCCO[C@H]1[C@@H]2O[C@@H](CN)C[C@@H]2O[C@@H]1CO. The topological polar surface area (TPSA) is 73.9 Å². The van der Waals surface area contributed by atoms with Gasteiger partial charge in [0.05, 0.1) is 18.8 Å². The Kier molecular flexibility index (Phi) is 4.76. The van der Waals surface area contributed by atoms with Gasteiger partial charge in [-0.25, -0.2) is 0 Å². The van der Waals surface area contributed by atoms with Gasteiger partial charge in [0.2, 0.25) is 0 Å². The standard InChI is InChI=1S/C12H23NO4/c1-2-3-4-15-11-10(7-14)17-9-5-8(6-13)16-12(9)11/h8-12,14H,2-7,13H2,1H3/t8-,9+,10-,11-,12-/m1/s1. The molecule has 2 saturated heterocycles. The van der Waals surface area contributed by atoms with Crippen LogP contribution in [0.15, 0.2) is 0 Å². The molecule has 5 heteroatoms. The number of aliphatic hydroxyl groups excluding tert-OH is 1. The van der Waals surface area contributed by atoms with Crippen LogP contribution in [-0.4, -0.2) is 55.4 Å². The maximum absolute atomic E-state index is 9.29. The van der Waals surface area contributed by atoms with E-state index >= 15 is 0 Å². The van der Waals surface area contributed by atoms with Crippen LogP contribution in [0, 0.1) is 0 Å². The lowest BCUT2D eigenvalue weighted by Gasteiger charge is -2.22. The van der Waals surface area contributed by atoms with Gasteiger partial charge in [-0.15, -0.1) is 0 Å². The van der Waals surface area contributed by atoms with E-state index in [1.807, 2.05) is 0 Å². The van der Waals surface area contributed by atoms with Gasteiger partial charge in [0.25, 0.3) is 0 Å². The van der Waals surface area contributed by atoms with Crippen molar-refractivity contribution in [3.63, 3.8) is 0 Å². The minimum atomic E-state index is -0.249. The van der Waals surface area contributed by atoms with E-state index in [0.29, 0.717) is 13.2 Å². The summed E-state index contributed by atoms with van der Waals surface area (Å²) < 4.78 is 17.4. The van der Waals surface area contributed by atoms with E-state index < -0.39 is 0 Å². The Hall–Kier alpha value is -0.200. The van der Waals surface area contributed by atoms with Crippen molar-refractivity contribution in [2.24, 2.45) is 5.73 Å². The van der Waals surface area contributed by atoms with Crippen molar-refractivity contribution in [3.8, 4) is 0 Å². The van der Waals surface area contributed by atoms with Crippen molar-refractivity contribution in [1.82, 2.24) is 0 Å². The summed E-state index contributed by atoms with van der Waals surface area (Å²) in [6, 6.07) is 0. The van der Waals surface area contributed by atoms with Gasteiger partial charge in [0.15, 0.2) is 0 Å². The van der Waals surface area contributed by atoms with Gasteiger partial charge in [0.1, 0.15) is 18.3 Å². The van der Waals surface area contributed by atoms with Gasteiger partial charge in [0, 0.05) is 19.6 Å². The van der Waals surface area contributed by atoms with Crippen molar-refractivity contribution in [3.05, 3.63) is 0 Å². The highest BCUT2D eigenvalue weighted by atomic mass is 16.6. The predicted molar refractivity (Wildman–Crippen MR) is 62.7 cm³/mol. The molecule has 2 rings (SSSR count). The molecule has 5 nitrogen and oxygen atoms in total. The van der Waals surface area contributed by atoms with Gasteiger partial charge >= 0.3 is 0 Å². The molecule has 0 spiro atoms. The van der Waals surface area contributed by atoms with Crippen molar-refractivity contribution >= 4 is 0 Å². The Balaban J connectivity index is 1.90. The van der Waals surface area contributed by atoms with E-state index in [-0.39, 0.29) is 37.1 Å². The number of ether oxygens (including phenoxy) is 3. The van der Waals surface area contributed by atoms with Crippen LogP contribution in [0.1, 0.15) is 26.2 Å². The zero-order valence-electron chi connectivity index (χ0n) is 10.4. The highest BCUT2D eigenvalue weighted by molar-refractivity contribution is 4.98. The zero-order chi connectivity index (χ0) is 12.3. The lowest BCUT2D eigenvalue weighted by molar-refractivity contribution is -0.0849. The molecule has 0 unspecified atom stereocenters. The molecule has 2 heterocycles. The van der Waals surface area contributed by atoms with Crippen LogP contribution in [-0.2, 0) is 14.2 Å². The zero-order valence-corrected chi connectivity index (χ0v) is 10.4. The highest BCUT2D eigenvalue weighted by Gasteiger charge is 2.51. The number of rotatable bonds is 6. The van der Waals surface area contributed by atoms with Crippen molar-refractivity contribution < 1.29 is 19.3 Å². The van der Waals surface area contributed by atoms with Crippen molar-refractivity contribution in [2.45, 2.75) is 56.7 Å². The molecule has 2 aliphatic heterocycles. The molecule has 3 N–H and O–H groups in total. The quantitative estimate of drug-likeness (QED) is 0.647. The fraction of sp³-hybridized carbons (Fsp3) is 1.00. The highest BCUT2D eigenvalue weighted by Crippen LogP contribution is 2.35. The number of aliphatic hydroxyl groups is 1. The van der Waals surface area contributed by atoms with Crippen LogP contribution >= 0.6 is 0 Å². The minimum Gasteiger partial charge on any atom is -0.394 e. The molecule has 100 valence electrons. The first-order valence-electron chi connectivity index (χ1n) is 6.53. The average molecular weight is 245 g/mol. The molecule has 0 aliphatic carbocycles. The van der Waals surface area contributed by atoms with E-state index in [4.69, 9.17) is 19.9 Å². The van der Waals surface area contributed by atoms with Gasteiger partial charge in [-0.1, -0.05) is 13.3 Å². The van der Waals surface area contributed by atoms with Crippen LogP contribution < -0.4 is 5.73 Å². The summed E-state index contributed by atoms with van der Waals surface area (Å²) in [4.78, 5) is 0. The molecule has 0 bridgehead atoms. The normalized spacial score (nSPS) is 40.8. The Bertz CT molecular complexity index is 239. The summed E-state index contributed by atoms with van der Waals surface area (Å²) in [5.41, 5.74) is 5.60. The first kappa shape index (κ1) is 13.2. The van der Waals surface area contributed by atoms with E-state index in [9.17, 15) is 5.11 Å². The van der Waals surface area contributed by atoms with Crippen molar-refractivity contribution in [2.75, 3.05) is 19.8 Å². The summed E-state index contributed by atoms with van der Waals surface area (Å²) in [5, 5.41) is 9.29. The monoisotopic (exact) mass is 245 g/mol. The first-order chi connectivity index (χ1) is 8.30. The van der Waals surface area contributed by atoms with Gasteiger partial charge < -0.3 is 25.1 Å². The molecule has 0 aromatic heterocycles. The van der Waals surface area contributed by atoms with E-state index in [1.165, 1.54) is 0 Å². The molecule has 0 saturated carbocycles. The third-order valence-corrected chi connectivity index (χ3v) is 3.50. The van der Waals surface area contributed by atoms with Crippen LogP contribution in [0.3, 0.4) is 0 Å². The molecule has 17 heavy (non-hydrogen) atoms. The third kappa shape index (κ3) is 2.80. The third-order valence-electron chi connectivity index (χ3n) is 3.50. The van der Waals surface area contributed by atoms with Gasteiger partial charge in [-0.3, -0.25) is 0 Å². The molecule has 0 radical (unpaired) electrons. The molecular weight excluding hydrogens is 222 g/mol. The second-order valence-electron chi connectivity index (χ2n) is 4.78. The fourth-order valence-corrected chi connectivity index (χ4v) is 2.56. The molecule has 5 atom stereocenters. The smallest absolute Gasteiger partial charge is 0.115 e. The number of fused-ring (bicyclic) bond motifs is 1. The second-order valence-corrected chi connectivity index (χ2v) is 4.78. The summed E-state index contributed by atoms with van der Waals surface area (Å²) in [6.07, 6.45) is 2.58. The van der Waals surface area contributed by atoms with Crippen LogP contribution in [0.25, 0.3) is 0 Å². The molecule has 0 aromatic rings. The second kappa shape index (κ2) is 6.11. The number of hydrogen-bond donors (Lipinski definition) is 2. The van der Waals surface area contributed by atoms with Crippen LogP contribution in [0.5, 0.6) is 0 Å². The molecule has 0 aromatic carbocycles. The number of hydrogen-bond acceptors (Lipinski definition) is 5. The lowest BCUT2D eigenvalue weighted by atomic mass is 10.1. The molecule has 2 aliphatic rings. The summed E-state index contributed by atoms with van der Waals surface area (Å²) >= 11 is 0. The largest absolute Gasteiger partial charge is 0.394 e. The van der Waals surface area contributed by atoms with Crippen molar-refractivity contribution in [1.29, 1.82) is 0 Å². The predicted octanol–water partition coefficient (Wildman–Crippen LogP) is 0.0476. The fourth-order valence-electron chi connectivity index (χ4n) is 2.56. The van der Waals surface area contributed by atoms with Crippen LogP contribution in [0.2, 0.25) is 0 Å². The number of unbranched alkanes of at least 4 members (excludes halogenated alkanes) is 1. The average Bonchev–Trinajstić information content (AvgIpc) is 2.87. The first-order valence-corrected chi connectivity index (χ1v) is 6.53. The molecule has 0 amide bonds. The lowest BCUT2D eigenvalue weighted by Crippen LogP contribution is -2.38. The summed E-state index contributed by atoms with van der Waals surface area (Å²) in [5.74, 6) is 0. The van der Waals surface area contributed by atoms with Gasteiger partial charge in [-0.2, -0.15) is 0 Å². The van der Waals surface area contributed by atoms with E-state index in [2.05, 4.69) is 6.92 Å². The Labute approximate surface area is 102 Å². The maximum Gasteiger partial charge on any atom is 0.115 e. The maximum atomic E-state index is 9.29. The van der Waals surface area contributed by atoms with Crippen LogP contribution in [0.4, 0.5) is 0 Å². The van der Waals surface area contributed by atoms with E-state index in [1.54, 1.807) is 0 Å². The van der Waals surface area contributed by atoms with Gasteiger partial charge in [-0.05, 0) is 6.42 Å². The Morgan fingerprint density at radius 2 is 2.24 bits per heavy atom. The summed E-state index contributed by atoms with van der Waals surface area (Å²) in [7, 11) is 0. The van der Waals surface area contributed by atoms with E-state index in [0.717, 1.165) is 19.3 Å². The summed E-state index contributed by atoms with van der Waals surface area (Å²) in [6.45, 7) is 3.32. The molecule has 2 fully saturated rings. The Morgan fingerprint density at radius 1 is 1.41 bits per heavy atom. The molecular formula is C12H23NO4. The number of nitrogens with two attached hydrogens (primary N) is 1. The minimum absolute atomic E-state index is 0.0134. The Morgan fingerprint density at radius 3 is 2.88 bits per heavy atom.